The van der Waals surface area contributed by atoms with Gasteiger partial charge in [0.2, 0.25) is 0 Å². The van der Waals surface area contributed by atoms with Crippen molar-refractivity contribution >= 4 is 33.1 Å². The molecule has 3 aromatic rings. The fourth-order valence-electron chi connectivity index (χ4n) is 2.35. The van der Waals surface area contributed by atoms with Crippen LogP contribution in [-0.4, -0.2) is 22.4 Å². The van der Waals surface area contributed by atoms with Crippen molar-refractivity contribution in [2.24, 2.45) is 0 Å². The van der Waals surface area contributed by atoms with Gasteiger partial charge in [-0.25, -0.2) is 4.98 Å². The van der Waals surface area contributed by atoms with Crippen LogP contribution in [0, 0.1) is 10.1 Å². The third-order valence-corrected chi connectivity index (χ3v) is 4.91. The summed E-state index contributed by atoms with van der Waals surface area (Å²) in [6.07, 6.45) is 0. The molecule has 1 aromatic heterocycles. The second-order valence-electron chi connectivity index (χ2n) is 5.41. The fourth-order valence-corrected chi connectivity index (χ4v) is 3.37. The molecular weight excluding hydrogens is 326 g/mol. The van der Waals surface area contributed by atoms with Crippen LogP contribution >= 0.6 is 11.3 Å². The molecule has 1 amide bonds. The highest BCUT2D eigenvalue weighted by Gasteiger charge is 2.20. The van der Waals surface area contributed by atoms with Crippen LogP contribution in [0.4, 0.5) is 5.69 Å². The number of para-hydroxylation sites is 2. The van der Waals surface area contributed by atoms with Crippen LogP contribution in [0.1, 0.15) is 28.2 Å². The number of nitro groups is 1. The van der Waals surface area contributed by atoms with Crippen LogP contribution in [0.3, 0.4) is 0 Å². The molecule has 0 bridgehead atoms. The summed E-state index contributed by atoms with van der Waals surface area (Å²) in [5.41, 5.74) is 0.816. The van der Waals surface area contributed by atoms with E-state index in [4.69, 9.17) is 0 Å². The van der Waals surface area contributed by atoms with Crippen molar-refractivity contribution in [3.8, 4) is 0 Å². The van der Waals surface area contributed by atoms with Gasteiger partial charge >= 0.3 is 0 Å². The smallest absolute Gasteiger partial charge is 0.282 e. The van der Waals surface area contributed by atoms with Crippen LogP contribution in [0.2, 0.25) is 0 Å². The number of aromatic nitrogens is 1. The number of hydrogen-bond acceptors (Lipinski definition) is 5. The lowest BCUT2D eigenvalue weighted by molar-refractivity contribution is -0.385. The first kappa shape index (κ1) is 16.1. The number of hydrogen-bond donors (Lipinski definition) is 1. The molecule has 0 radical (unpaired) electrons. The summed E-state index contributed by atoms with van der Waals surface area (Å²) < 4.78 is 1.10. The number of nitrogens with zero attached hydrogens (tertiary/aromatic N) is 2. The molecule has 0 saturated carbocycles. The first-order valence-corrected chi connectivity index (χ1v) is 8.25. The molecule has 0 spiro atoms. The van der Waals surface area contributed by atoms with E-state index >= 15 is 0 Å². The highest BCUT2D eigenvalue weighted by molar-refractivity contribution is 7.18. The minimum Gasteiger partial charge on any atom is -0.351 e. The van der Waals surface area contributed by atoms with Gasteiger partial charge in [-0.2, -0.15) is 0 Å². The molecule has 6 nitrogen and oxygen atoms in total. The number of rotatable bonds is 5. The van der Waals surface area contributed by atoms with Crippen LogP contribution in [0.15, 0.2) is 48.5 Å². The molecule has 3 rings (SSSR count). The van der Waals surface area contributed by atoms with Crippen molar-refractivity contribution < 1.29 is 9.72 Å². The fraction of sp³-hybridized carbons (Fsp3) is 0.176. The van der Waals surface area contributed by atoms with Gasteiger partial charge in [0.05, 0.1) is 20.1 Å². The van der Waals surface area contributed by atoms with Gasteiger partial charge < -0.3 is 5.32 Å². The standard InChI is InChI=1S/C17H15N3O3S/c1-11(17-19-13-7-3-5-9-15(13)24-17)10-18-16(21)12-6-2-4-8-14(12)20(22)23/h2-9,11H,10H2,1H3,(H,18,21). The monoisotopic (exact) mass is 341 g/mol. The van der Waals surface area contributed by atoms with Crippen molar-refractivity contribution in [1.82, 2.24) is 10.3 Å². The summed E-state index contributed by atoms with van der Waals surface area (Å²) in [6.45, 7) is 2.34. The summed E-state index contributed by atoms with van der Waals surface area (Å²) in [4.78, 5) is 27.3. The molecule has 24 heavy (non-hydrogen) atoms. The van der Waals surface area contributed by atoms with Crippen LogP contribution < -0.4 is 5.32 Å². The SMILES string of the molecule is CC(CNC(=O)c1ccccc1[N+](=O)[O-])c1nc2ccccc2s1. The Hall–Kier alpha value is -2.80. The van der Waals surface area contributed by atoms with E-state index in [-0.39, 0.29) is 17.2 Å². The number of fused-ring (bicyclic) bond motifs is 1. The van der Waals surface area contributed by atoms with E-state index < -0.39 is 10.8 Å². The third kappa shape index (κ3) is 3.26. The first-order chi connectivity index (χ1) is 11.6. The number of benzene rings is 2. The molecule has 0 saturated heterocycles. The first-order valence-electron chi connectivity index (χ1n) is 7.43. The van der Waals surface area contributed by atoms with Crippen molar-refractivity contribution in [2.45, 2.75) is 12.8 Å². The number of carbonyl (C=O) groups is 1. The molecule has 1 N–H and O–H groups in total. The molecule has 0 aliphatic rings. The van der Waals surface area contributed by atoms with Gasteiger partial charge in [-0.15, -0.1) is 11.3 Å². The Labute approximate surface area is 142 Å². The largest absolute Gasteiger partial charge is 0.351 e. The van der Waals surface area contributed by atoms with Crippen molar-refractivity contribution in [3.05, 3.63) is 69.2 Å². The van der Waals surface area contributed by atoms with Crippen LogP contribution in [-0.2, 0) is 0 Å². The lowest BCUT2D eigenvalue weighted by Gasteiger charge is -2.10. The molecular formula is C17H15N3O3S. The van der Waals surface area contributed by atoms with E-state index in [0.29, 0.717) is 6.54 Å². The normalized spacial score (nSPS) is 12.0. The summed E-state index contributed by atoms with van der Waals surface area (Å²) in [7, 11) is 0. The predicted octanol–water partition coefficient (Wildman–Crippen LogP) is 3.74. The van der Waals surface area contributed by atoms with Gasteiger partial charge in [0.15, 0.2) is 0 Å². The minimum atomic E-state index is -0.550. The van der Waals surface area contributed by atoms with Gasteiger partial charge in [0, 0.05) is 18.5 Å². The molecule has 2 aromatic carbocycles. The molecule has 1 unspecified atom stereocenters. The lowest BCUT2D eigenvalue weighted by Crippen LogP contribution is -2.28. The molecule has 122 valence electrons. The highest BCUT2D eigenvalue weighted by Crippen LogP contribution is 2.27. The Morgan fingerprint density at radius 3 is 2.71 bits per heavy atom. The molecule has 0 fully saturated rings. The average Bonchev–Trinajstić information content (AvgIpc) is 3.03. The Morgan fingerprint density at radius 1 is 1.25 bits per heavy atom. The van der Waals surface area contributed by atoms with E-state index in [9.17, 15) is 14.9 Å². The Morgan fingerprint density at radius 2 is 1.96 bits per heavy atom. The van der Waals surface area contributed by atoms with Gasteiger partial charge in [0.1, 0.15) is 5.56 Å². The van der Waals surface area contributed by atoms with Crippen molar-refractivity contribution in [2.75, 3.05) is 6.54 Å². The van der Waals surface area contributed by atoms with E-state index in [1.54, 1.807) is 23.5 Å². The molecule has 1 heterocycles. The third-order valence-electron chi connectivity index (χ3n) is 3.65. The Kier molecular flexibility index (Phi) is 4.52. The number of carbonyl (C=O) groups excluding carboxylic acids is 1. The molecule has 1 atom stereocenters. The average molecular weight is 341 g/mol. The number of nitro benzene ring substituents is 1. The zero-order valence-electron chi connectivity index (χ0n) is 12.9. The second kappa shape index (κ2) is 6.76. The van der Waals surface area contributed by atoms with E-state index in [0.717, 1.165) is 15.2 Å². The quantitative estimate of drug-likeness (QED) is 0.566. The number of amides is 1. The van der Waals surface area contributed by atoms with Gasteiger partial charge in [-0.3, -0.25) is 14.9 Å². The van der Waals surface area contributed by atoms with E-state index in [1.807, 2.05) is 31.2 Å². The van der Waals surface area contributed by atoms with Gasteiger partial charge in [0.25, 0.3) is 11.6 Å². The van der Waals surface area contributed by atoms with Crippen LogP contribution in [0.25, 0.3) is 10.2 Å². The summed E-state index contributed by atoms with van der Waals surface area (Å²) >= 11 is 1.59. The van der Waals surface area contributed by atoms with Crippen molar-refractivity contribution in [1.29, 1.82) is 0 Å². The molecule has 0 aliphatic carbocycles. The van der Waals surface area contributed by atoms with Gasteiger partial charge in [-0.05, 0) is 18.2 Å². The number of nitrogens with one attached hydrogen (secondary N) is 1. The Balaban J connectivity index is 1.71. The maximum Gasteiger partial charge on any atom is 0.282 e. The predicted molar refractivity (Wildman–Crippen MR) is 93.5 cm³/mol. The summed E-state index contributed by atoms with van der Waals surface area (Å²) in [6, 6.07) is 13.8. The minimum absolute atomic E-state index is 0.0223. The number of thiazole rings is 1. The highest BCUT2D eigenvalue weighted by atomic mass is 32.1. The maximum absolute atomic E-state index is 12.2. The Bertz CT molecular complexity index is 874. The zero-order valence-corrected chi connectivity index (χ0v) is 13.7. The molecule has 7 heteroatoms. The van der Waals surface area contributed by atoms with Crippen molar-refractivity contribution in [3.63, 3.8) is 0 Å². The van der Waals surface area contributed by atoms with E-state index in [2.05, 4.69) is 10.3 Å². The maximum atomic E-state index is 12.2. The van der Waals surface area contributed by atoms with E-state index in [1.165, 1.54) is 12.1 Å². The molecule has 0 aliphatic heterocycles. The second-order valence-corrected chi connectivity index (χ2v) is 6.47. The van der Waals surface area contributed by atoms with Crippen LogP contribution in [0.5, 0.6) is 0 Å². The lowest BCUT2D eigenvalue weighted by atomic mass is 10.1. The summed E-state index contributed by atoms with van der Waals surface area (Å²) in [5.74, 6) is -0.427. The summed E-state index contributed by atoms with van der Waals surface area (Å²) in [5, 5.41) is 14.7. The zero-order chi connectivity index (χ0) is 17.1. The van der Waals surface area contributed by atoms with Gasteiger partial charge in [-0.1, -0.05) is 31.2 Å². The topological polar surface area (TPSA) is 85.1 Å².